The van der Waals surface area contributed by atoms with Gasteiger partial charge in [0.1, 0.15) is 19.3 Å². The van der Waals surface area contributed by atoms with Crippen LogP contribution in [0.15, 0.2) is 36.9 Å². The molecule has 1 aromatic heterocycles. The molecule has 1 spiro atoms. The highest BCUT2D eigenvalue weighted by Crippen LogP contribution is 2.43. The Bertz CT molecular complexity index is 918. The Labute approximate surface area is 168 Å². The summed E-state index contributed by atoms with van der Waals surface area (Å²) in [4.78, 5) is 31.4. The van der Waals surface area contributed by atoms with Gasteiger partial charge in [-0.1, -0.05) is 0 Å². The van der Waals surface area contributed by atoms with Gasteiger partial charge in [0.2, 0.25) is 0 Å². The molecule has 0 saturated carbocycles. The SMILES string of the molecule is O=C(c1ccc2c(c1)OCCO2)N1CCC2(CC1)CC(Cn1ccnc1)OC2=O. The molecule has 152 valence electrons. The van der Waals surface area contributed by atoms with Gasteiger partial charge in [-0.15, -0.1) is 0 Å². The minimum Gasteiger partial charge on any atom is -0.486 e. The molecule has 0 N–H and O–H groups in total. The van der Waals surface area contributed by atoms with Crippen molar-refractivity contribution in [3.8, 4) is 11.5 Å². The average molecular weight is 397 g/mol. The molecule has 2 fully saturated rings. The fraction of sp³-hybridized carbons (Fsp3) is 0.476. The van der Waals surface area contributed by atoms with Crippen molar-refractivity contribution in [3.05, 3.63) is 42.5 Å². The summed E-state index contributed by atoms with van der Waals surface area (Å²) in [6.07, 6.45) is 7.12. The predicted molar refractivity (Wildman–Crippen MR) is 102 cm³/mol. The zero-order valence-corrected chi connectivity index (χ0v) is 16.1. The molecule has 0 radical (unpaired) electrons. The number of carbonyl (C=O) groups excluding carboxylic acids is 2. The second-order valence-electron chi connectivity index (χ2n) is 7.92. The third kappa shape index (κ3) is 3.32. The first kappa shape index (κ1) is 18.0. The van der Waals surface area contributed by atoms with E-state index < -0.39 is 5.41 Å². The standard InChI is InChI=1S/C21H23N3O5/c25-19(15-1-2-17-18(11-15)28-10-9-27-17)24-6-3-21(4-7-24)12-16(29-20(21)26)13-23-8-5-22-14-23/h1-2,5,8,11,14,16H,3-4,6-7,9-10,12-13H2. The highest BCUT2D eigenvalue weighted by Gasteiger charge is 2.50. The van der Waals surface area contributed by atoms with Crippen LogP contribution in [0, 0.1) is 5.41 Å². The molecular weight excluding hydrogens is 374 g/mol. The molecule has 3 aliphatic heterocycles. The first-order valence-electron chi connectivity index (χ1n) is 9.99. The number of esters is 1. The van der Waals surface area contributed by atoms with Crippen molar-refractivity contribution in [2.75, 3.05) is 26.3 Å². The molecule has 2 aromatic rings. The number of rotatable bonds is 3. The number of likely N-dealkylation sites (tertiary alicyclic amines) is 1. The molecule has 29 heavy (non-hydrogen) atoms. The van der Waals surface area contributed by atoms with Crippen LogP contribution in [0.4, 0.5) is 0 Å². The predicted octanol–water partition coefficient (Wildman–Crippen LogP) is 1.89. The lowest BCUT2D eigenvalue weighted by Gasteiger charge is -2.36. The quantitative estimate of drug-likeness (QED) is 0.736. The van der Waals surface area contributed by atoms with Crippen molar-refractivity contribution >= 4 is 11.9 Å². The minimum atomic E-state index is -0.477. The number of fused-ring (bicyclic) bond motifs is 1. The van der Waals surface area contributed by atoms with Gasteiger partial charge in [0.25, 0.3) is 5.91 Å². The summed E-state index contributed by atoms with van der Waals surface area (Å²) in [6.45, 7) is 2.71. The molecular formula is C21H23N3O5. The van der Waals surface area contributed by atoms with E-state index in [2.05, 4.69) is 4.98 Å². The maximum absolute atomic E-state index is 12.9. The van der Waals surface area contributed by atoms with Crippen LogP contribution < -0.4 is 9.47 Å². The van der Waals surface area contributed by atoms with Crippen molar-refractivity contribution in [2.24, 2.45) is 5.41 Å². The highest BCUT2D eigenvalue weighted by molar-refractivity contribution is 5.95. The number of aromatic nitrogens is 2. The fourth-order valence-electron chi connectivity index (χ4n) is 4.47. The van der Waals surface area contributed by atoms with Crippen LogP contribution in [-0.2, 0) is 16.1 Å². The van der Waals surface area contributed by atoms with Crippen LogP contribution in [0.1, 0.15) is 29.6 Å². The molecule has 1 amide bonds. The Morgan fingerprint density at radius 3 is 2.72 bits per heavy atom. The van der Waals surface area contributed by atoms with Crippen molar-refractivity contribution in [2.45, 2.75) is 31.9 Å². The Balaban J connectivity index is 1.23. The molecule has 4 heterocycles. The van der Waals surface area contributed by atoms with Gasteiger partial charge in [-0.2, -0.15) is 0 Å². The number of amides is 1. The summed E-state index contributed by atoms with van der Waals surface area (Å²) in [5.41, 5.74) is 0.103. The van der Waals surface area contributed by atoms with Crippen LogP contribution in [0.25, 0.3) is 0 Å². The molecule has 0 bridgehead atoms. The van der Waals surface area contributed by atoms with Crippen LogP contribution >= 0.6 is 0 Å². The summed E-state index contributed by atoms with van der Waals surface area (Å²) >= 11 is 0. The third-order valence-corrected chi connectivity index (χ3v) is 6.10. The van der Waals surface area contributed by atoms with Gasteiger partial charge in [0, 0.05) is 37.5 Å². The van der Waals surface area contributed by atoms with Gasteiger partial charge < -0.3 is 23.7 Å². The Morgan fingerprint density at radius 1 is 1.17 bits per heavy atom. The topological polar surface area (TPSA) is 82.9 Å². The van der Waals surface area contributed by atoms with E-state index >= 15 is 0 Å². The molecule has 1 unspecified atom stereocenters. The van der Waals surface area contributed by atoms with Gasteiger partial charge in [0.05, 0.1) is 18.3 Å². The molecule has 8 nitrogen and oxygen atoms in total. The summed E-state index contributed by atoms with van der Waals surface area (Å²) in [7, 11) is 0. The second-order valence-corrected chi connectivity index (χ2v) is 7.92. The van der Waals surface area contributed by atoms with Crippen LogP contribution in [0.2, 0.25) is 0 Å². The molecule has 3 aliphatic rings. The maximum atomic E-state index is 12.9. The van der Waals surface area contributed by atoms with Crippen molar-refractivity contribution in [1.29, 1.82) is 0 Å². The number of hydrogen-bond acceptors (Lipinski definition) is 6. The molecule has 1 aromatic carbocycles. The zero-order valence-electron chi connectivity index (χ0n) is 16.1. The number of benzene rings is 1. The molecule has 1 atom stereocenters. The number of nitrogens with zero attached hydrogens (tertiary/aromatic N) is 3. The Kier molecular flexibility index (Phi) is 4.41. The van der Waals surface area contributed by atoms with Gasteiger partial charge in [-0.05, 0) is 31.0 Å². The van der Waals surface area contributed by atoms with Crippen LogP contribution in [0.5, 0.6) is 11.5 Å². The van der Waals surface area contributed by atoms with Gasteiger partial charge in [-0.25, -0.2) is 4.98 Å². The largest absolute Gasteiger partial charge is 0.486 e. The summed E-state index contributed by atoms with van der Waals surface area (Å²) in [6, 6.07) is 5.29. The molecule has 8 heteroatoms. The lowest BCUT2D eigenvalue weighted by molar-refractivity contribution is -0.150. The summed E-state index contributed by atoms with van der Waals surface area (Å²) in [5, 5.41) is 0. The summed E-state index contributed by atoms with van der Waals surface area (Å²) < 4.78 is 18.7. The van der Waals surface area contributed by atoms with Gasteiger partial charge in [0.15, 0.2) is 11.5 Å². The monoisotopic (exact) mass is 397 g/mol. The van der Waals surface area contributed by atoms with Gasteiger partial charge in [-0.3, -0.25) is 9.59 Å². The third-order valence-electron chi connectivity index (χ3n) is 6.10. The van der Waals surface area contributed by atoms with E-state index in [1.807, 2.05) is 15.7 Å². The lowest BCUT2D eigenvalue weighted by atomic mass is 9.76. The highest BCUT2D eigenvalue weighted by atomic mass is 16.6. The van der Waals surface area contributed by atoms with E-state index in [9.17, 15) is 9.59 Å². The van der Waals surface area contributed by atoms with E-state index in [4.69, 9.17) is 14.2 Å². The first-order valence-corrected chi connectivity index (χ1v) is 9.99. The minimum absolute atomic E-state index is 0.0434. The molecule has 2 saturated heterocycles. The van der Waals surface area contributed by atoms with Gasteiger partial charge >= 0.3 is 5.97 Å². The first-order chi connectivity index (χ1) is 14.1. The normalized spacial score (nSPS) is 22.6. The van der Waals surface area contributed by atoms with Crippen molar-refractivity contribution in [3.63, 3.8) is 0 Å². The summed E-state index contributed by atoms with van der Waals surface area (Å²) in [5.74, 6) is 1.10. The van der Waals surface area contributed by atoms with E-state index in [0.29, 0.717) is 69.2 Å². The number of carbonyl (C=O) groups is 2. The Morgan fingerprint density at radius 2 is 1.97 bits per heavy atom. The van der Waals surface area contributed by atoms with Crippen LogP contribution in [-0.4, -0.2) is 58.7 Å². The van der Waals surface area contributed by atoms with Crippen LogP contribution in [0.3, 0.4) is 0 Å². The smallest absolute Gasteiger partial charge is 0.312 e. The van der Waals surface area contributed by atoms with E-state index in [1.165, 1.54) is 0 Å². The lowest BCUT2D eigenvalue weighted by Crippen LogP contribution is -2.45. The van der Waals surface area contributed by atoms with Crippen molar-refractivity contribution < 1.29 is 23.8 Å². The van der Waals surface area contributed by atoms with E-state index in [0.717, 1.165) is 0 Å². The second kappa shape index (κ2) is 7.09. The van der Waals surface area contributed by atoms with E-state index in [1.54, 1.807) is 30.7 Å². The number of cyclic esters (lactones) is 1. The maximum Gasteiger partial charge on any atom is 0.312 e. The zero-order chi connectivity index (χ0) is 19.8. The Hall–Kier alpha value is -3.03. The molecule has 5 rings (SSSR count). The number of imidazole rings is 1. The number of ether oxygens (including phenoxy) is 3. The fourth-order valence-corrected chi connectivity index (χ4v) is 4.47. The van der Waals surface area contributed by atoms with E-state index in [-0.39, 0.29) is 18.0 Å². The number of hydrogen-bond donors (Lipinski definition) is 0. The molecule has 0 aliphatic carbocycles. The van der Waals surface area contributed by atoms with Crippen molar-refractivity contribution in [1.82, 2.24) is 14.5 Å². The average Bonchev–Trinajstić information content (AvgIpc) is 3.36. The number of piperidine rings is 1.